The summed E-state index contributed by atoms with van der Waals surface area (Å²) in [6.07, 6.45) is -1.14. The highest BCUT2D eigenvalue weighted by Gasteiger charge is 2.20. The summed E-state index contributed by atoms with van der Waals surface area (Å²) in [4.78, 5) is 45.5. The highest BCUT2D eigenvalue weighted by Crippen LogP contribution is 2.00. The fourth-order valence-corrected chi connectivity index (χ4v) is 1.76. The van der Waals surface area contributed by atoms with Crippen molar-refractivity contribution in [2.75, 3.05) is 0 Å². The van der Waals surface area contributed by atoms with E-state index < -0.39 is 36.0 Å². The Morgan fingerprint density at radius 2 is 1.84 bits per heavy atom. The van der Waals surface area contributed by atoms with E-state index in [1.54, 1.807) is 24.3 Å². The van der Waals surface area contributed by atoms with Crippen molar-refractivity contribution in [1.29, 1.82) is 0 Å². The van der Waals surface area contributed by atoms with Crippen molar-refractivity contribution in [2.45, 2.75) is 38.5 Å². The van der Waals surface area contributed by atoms with Gasteiger partial charge in [-0.15, -0.1) is 0 Å². The van der Waals surface area contributed by atoms with E-state index in [0.717, 1.165) is 5.56 Å². The number of carboxylic acid groups (broad SMARTS) is 1. The van der Waals surface area contributed by atoms with Gasteiger partial charge in [0.25, 0.3) is 5.91 Å². The van der Waals surface area contributed by atoms with E-state index in [9.17, 15) is 19.2 Å². The van der Waals surface area contributed by atoms with E-state index in [0.29, 0.717) is 0 Å². The lowest BCUT2D eigenvalue weighted by molar-refractivity contribution is -0.138. The number of amides is 3. The molecule has 3 amide bonds. The zero-order valence-corrected chi connectivity index (χ0v) is 13.7. The Morgan fingerprint density at radius 3 is 2.44 bits per heavy atom. The molecule has 0 aliphatic rings. The number of nitrogens with two attached hydrogens (primary N) is 1. The lowest BCUT2D eigenvalue weighted by Gasteiger charge is -2.14. The Bertz CT molecular complexity index is 620. The number of carbonyl (C=O) groups is 4. The first-order chi connectivity index (χ1) is 11.8. The van der Waals surface area contributed by atoms with Crippen molar-refractivity contribution in [3.05, 3.63) is 35.9 Å². The molecule has 0 fully saturated rings. The van der Waals surface area contributed by atoms with E-state index in [4.69, 9.17) is 15.6 Å². The van der Waals surface area contributed by atoms with Crippen LogP contribution >= 0.6 is 0 Å². The zero-order chi connectivity index (χ0) is 18.8. The minimum atomic E-state index is -1.21. The summed E-state index contributed by atoms with van der Waals surface area (Å²) in [5, 5.41) is 13.0. The van der Waals surface area contributed by atoms with Crippen molar-refractivity contribution in [3.8, 4) is 0 Å². The third-order valence-electron chi connectivity index (χ3n) is 3.21. The number of rotatable bonds is 8. The third-order valence-corrected chi connectivity index (χ3v) is 3.21. The van der Waals surface area contributed by atoms with Gasteiger partial charge < -0.3 is 20.9 Å². The Balaban J connectivity index is 2.31. The van der Waals surface area contributed by atoms with E-state index in [1.165, 1.54) is 6.92 Å². The molecule has 0 aromatic heterocycles. The topological polar surface area (TPSA) is 148 Å². The molecule has 1 aromatic rings. The maximum Gasteiger partial charge on any atom is 0.414 e. The monoisotopic (exact) mass is 351 g/mol. The van der Waals surface area contributed by atoms with E-state index in [-0.39, 0.29) is 19.4 Å². The van der Waals surface area contributed by atoms with Gasteiger partial charge in [0, 0.05) is 6.42 Å². The molecule has 0 radical (unpaired) electrons. The van der Waals surface area contributed by atoms with Gasteiger partial charge in [0.1, 0.15) is 18.7 Å². The molecule has 9 heteroatoms. The van der Waals surface area contributed by atoms with E-state index >= 15 is 0 Å². The van der Waals surface area contributed by atoms with E-state index in [1.807, 2.05) is 11.4 Å². The quantitative estimate of drug-likeness (QED) is 0.520. The van der Waals surface area contributed by atoms with Crippen LogP contribution in [0.4, 0.5) is 4.79 Å². The summed E-state index contributed by atoms with van der Waals surface area (Å²) in [5.41, 5.74) is 6.05. The first-order valence-electron chi connectivity index (χ1n) is 7.59. The first kappa shape index (κ1) is 20.1. The molecule has 0 saturated heterocycles. The molecule has 0 unspecified atom stereocenters. The second-order valence-electron chi connectivity index (χ2n) is 5.32. The number of imide groups is 1. The first-order valence-corrected chi connectivity index (χ1v) is 7.59. The largest absolute Gasteiger partial charge is 0.480 e. The molecule has 5 N–H and O–H groups in total. The number of carbonyl (C=O) groups excluding carboxylic acids is 3. The standard InChI is InChI=1S/C16H21N3O6/c1-10(18-13(20)8-7-12(17)15(22)23)14(21)19-16(24)25-9-11-5-3-2-4-6-11/h2-6,10,12H,7-9,17H2,1H3,(H,18,20)(H,22,23)(H,19,21,24)/t10-,12-/m0/s1. The number of carboxylic acids is 1. The summed E-state index contributed by atoms with van der Waals surface area (Å²) in [5.74, 6) is -2.49. The number of ether oxygens (including phenoxy) is 1. The predicted molar refractivity (Wildman–Crippen MR) is 87.2 cm³/mol. The molecule has 1 rings (SSSR count). The molecule has 2 atom stereocenters. The molecule has 0 saturated carbocycles. The van der Waals surface area contributed by atoms with Gasteiger partial charge in [-0.1, -0.05) is 30.3 Å². The molecular formula is C16H21N3O6. The predicted octanol–water partition coefficient (Wildman–Crippen LogP) is 0.136. The van der Waals surface area contributed by atoms with Crippen LogP contribution in [-0.4, -0.2) is 41.1 Å². The summed E-state index contributed by atoms with van der Waals surface area (Å²) in [6.45, 7) is 1.39. The normalized spacial score (nSPS) is 12.6. The van der Waals surface area contributed by atoms with Crippen LogP contribution in [-0.2, 0) is 25.7 Å². The summed E-state index contributed by atoms with van der Waals surface area (Å²) < 4.78 is 4.89. The molecule has 0 aliphatic heterocycles. The minimum Gasteiger partial charge on any atom is -0.480 e. The van der Waals surface area contributed by atoms with Crippen molar-refractivity contribution in [1.82, 2.24) is 10.6 Å². The van der Waals surface area contributed by atoms with E-state index in [2.05, 4.69) is 5.32 Å². The molecule has 9 nitrogen and oxygen atoms in total. The maximum atomic E-state index is 11.8. The molecule has 0 aliphatic carbocycles. The molecular weight excluding hydrogens is 330 g/mol. The van der Waals surface area contributed by atoms with Gasteiger partial charge in [-0.2, -0.15) is 0 Å². The van der Waals surface area contributed by atoms with Crippen molar-refractivity contribution in [3.63, 3.8) is 0 Å². The van der Waals surface area contributed by atoms with Crippen LogP contribution in [0.2, 0.25) is 0 Å². The smallest absolute Gasteiger partial charge is 0.414 e. The van der Waals surface area contributed by atoms with Gasteiger partial charge in [-0.05, 0) is 18.9 Å². The maximum absolute atomic E-state index is 11.8. The molecule has 0 bridgehead atoms. The Morgan fingerprint density at radius 1 is 1.20 bits per heavy atom. The van der Waals surface area contributed by atoms with Crippen molar-refractivity contribution >= 4 is 23.9 Å². The number of hydrogen-bond acceptors (Lipinski definition) is 6. The van der Waals surface area contributed by atoms with Crippen molar-refractivity contribution < 1.29 is 29.0 Å². The second kappa shape index (κ2) is 10.0. The summed E-state index contributed by atoms with van der Waals surface area (Å²) in [7, 11) is 0. The number of benzene rings is 1. The Hall–Kier alpha value is -2.94. The lowest BCUT2D eigenvalue weighted by Crippen LogP contribution is -2.47. The fourth-order valence-electron chi connectivity index (χ4n) is 1.76. The van der Waals surface area contributed by atoms with Crippen LogP contribution < -0.4 is 16.4 Å². The molecule has 25 heavy (non-hydrogen) atoms. The zero-order valence-electron chi connectivity index (χ0n) is 13.7. The fraction of sp³-hybridized carbons (Fsp3) is 0.375. The lowest BCUT2D eigenvalue weighted by atomic mass is 10.1. The van der Waals surface area contributed by atoms with Crippen LogP contribution in [0, 0.1) is 0 Å². The van der Waals surface area contributed by atoms with Crippen LogP contribution in [0.25, 0.3) is 0 Å². The highest BCUT2D eigenvalue weighted by atomic mass is 16.5. The van der Waals surface area contributed by atoms with Gasteiger partial charge in [0.05, 0.1) is 0 Å². The van der Waals surface area contributed by atoms with Crippen LogP contribution in [0.5, 0.6) is 0 Å². The van der Waals surface area contributed by atoms with Gasteiger partial charge in [0.2, 0.25) is 5.91 Å². The Labute approximate surface area is 144 Å². The highest BCUT2D eigenvalue weighted by molar-refractivity contribution is 5.96. The molecule has 0 heterocycles. The average Bonchev–Trinajstić information content (AvgIpc) is 2.58. The Kier molecular flexibility index (Phi) is 8.07. The molecule has 0 spiro atoms. The summed E-state index contributed by atoms with van der Waals surface area (Å²) in [6, 6.07) is 6.78. The van der Waals surface area contributed by atoms with Crippen LogP contribution in [0.3, 0.4) is 0 Å². The number of aliphatic carboxylic acids is 1. The van der Waals surface area contributed by atoms with Gasteiger partial charge >= 0.3 is 12.1 Å². The minimum absolute atomic E-state index is 0.00771. The number of hydrogen-bond donors (Lipinski definition) is 4. The molecule has 1 aromatic carbocycles. The van der Waals surface area contributed by atoms with Crippen molar-refractivity contribution in [2.24, 2.45) is 5.73 Å². The average molecular weight is 351 g/mol. The second-order valence-corrected chi connectivity index (χ2v) is 5.32. The third kappa shape index (κ3) is 7.93. The van der Waals surface area contributed by atoms with Gasteiger partial charge in [-0.3, -0.25) is 19.7 Å². The summed E-state index contributed by atoms with van der Waals surface area (Å²) >= 11 is 0. The van der Waals surface area contributed by atoms with Crippen LogP contribution in [0.1, 0.15) is 25.3 Å². The number of alkyl carbamates (subject to hydrolysis) is 1. The molecule has 136 valence electrons. The SMILES string of the molecule is C[C@H](NC(=O)CC[C@H](N)C(=O)O)C(=O)NC(=O)OCc1ccccc1. The van der Waals surface area contributed by atoms with Crippen LogP contribution in [0.15, 0.2) is 30.3 Å². The van der Waals surface area contributed by atoms with Gasteiger partial charge in [-0.25, -0.2) is 4.79 Å². The van der Waals surface area contributed by atoms with Gasteiger partial charge in [0.15, 0.2) is 0 Å². The number of nitrogens with one attached hydrogen (secondary N) is 2.